The van der Waals surface area contributed by atoms with Crippen LogP contribution in [0.5, 0.6) is 0 Å². The highest BCUT2D eigenvalue weighted by Gasteiger charge is 2.39. The summed E-state index contributed by atoms with van der Waals surface area (Å²) in [4.78, 5) is 36.3. The van der Waals surface area contributed by atoms with Crippen molar-refractivity contribution in [2.75, 3.05) is 6.54 Å². The smallest absolute Gasteiger partial charge is 0.325 e. The average Bonchev–Trinajstić information content (AvgIpc) is 2.97. The van der Waals surface area contributed by atoms with Crippen LogP contribution in [0, 0.1) is 5.92 Å². The molecule has 0 bridgehead atoms. The van der Waals surface area contributed by atoms with Crippen LogP contribution < -0.4 is 5.32 Å². The fourth-order valence-electron chi connectivity index (χ4n) is 2.87. The third kappa shape index (κ3) is 3.05. The van der Waals surface area contributed by atoms with E-state index in [1.807, 2.05) is 4.90 Å². The Bertz CT molecular complexity index is 390. The highest BCUT2D eigenvalue weighted by atomic mass is 16.4. The maximum Gasteiger partial charge on any atom is 0.325 e. The highest BCUT2D eigenvalue weighted by Crippen LogP contribution is 2.29. The van der Waals surface area contributed by atoms with Gasteiger partial charge in [0.2, 0.25) is 11.8 Å². The van der Waals surface area contributed by atoms with Gasteiger partial charge in [0.1, 0.15) is 6.04 Å². The Balaban J connectivity index is 1.91. The van der Waals surface area contributed by atoms with E-state index in [4.69, 9.17) is 5.11 Å². The van der Waals surface area contributed by atoms with Crippen molar-refractivity contribution < 1.29 is 19.5 Å². The van der Waals surface area contributed by atoms with Gasteiger partial charge in [-0.25, -0.2) is 0 Å². The summed E-state index contributed by atoms with van der Waals surface area (Å²) in [6.45, 7) is 1.85. The summed E-state index contributed by atoms with van der Waals surface area (Å²) < 4.78 is 0. The van der Waals surface area contributed by atoms with Crippen molar-refractivity contribution in [1.29, 1.82) is 0 Å². The third-order valence-electron chi connectivity index (χ3n) is 4.02. The summed E-state index contributed by atoms with van der Waals surface area (Å²) in [5.41, 5.74) is 0. The van der Waals surface area contributed by atoms with Gasteiger partial charge < -0.3 is 15.3 Å². The van der Waals surface area contributed by atoms with Crippen molar-refractivity contribution in [1.82, 2.24) is 10.2 Å². The van der Waals surface area contributed by atoms with Gasteiger partial charge in [-0.2, -0.15) is 0 Å². The number of likely N-dealkylation sites (tertiary alicyclic amines) is 1. The lowest BCUT2D eigenvalue weighted by molar-refractivity contribution is -0.141. The molecule has 1 aliphatic heterocycles. The highest BCUT2D eigenvalue weighted by molar-refractivity contribution is 5.91. The SMILES string of the molecule is C[C@H](NC(=O)[C@@H]1CC(=O)N(C2CCCC2)C1)C(=O)O. The first-order valence-electron chi connectivity index (χ1n) is 6.81. The zero-order valence-corrected chi connectivity index (χ0v) is 11.1. The van der Waals surface area contributed by atoms with Gasteiger partial charge >= 0.3 is 5.97 Å². The second-order valence-electron chi connectivity index (χ2n) is 5.45. The number of carbonyl (C=O) groups excluding carboxylic acids is 2. The van der Waals surface area contributed by atoms with Crippen LogP contribution in [-0.4, -0.2) is 46.4 Å². The first kappa shape index (κ1) is 13.8. The molecule has 0 aromatic rings. The van der Waals surface area contributed by atoms with Crippen LogP contribution in [-0.2, 0) is 14.4 Å². The number of carbonyl (C=O) groups is 3. The molecule has 6 heteroatoms. The minimum absolute atomic E-state index is 0.0232. The minimum atomic E-state index is -1.06. The van der Waals surface area contributed by atoms with E-state index in [0.717, 1.165) is 25.7 Å². The first-order valence-corrected chi connectivity index (χ1v) is 6.81. The Morgan fingerprint density at radius 3 is 2.58 bits per heavy atom. The fraction of sp³-hybridized carbons (Fsp3) is 0.769. The second kappa shape index (κ2) is 5.59. The molecule has 2 fully saturated rings. The van der Waals surface area contributed by atoms with E-state index >= 15 is 0 Å². The van der Waals surface area contributed by atoms with Gasteiger partial charge in [-0.05, 0) is 19.8 Å². The molecule has 106 valence electrons. The van der Waals surface area contributed by atoms with Gasteiger partial charge in [0, 0.05) is 19.0 Å². The Kier molecular flexibility index (Phi) is 4.07. The molecule has 19 heavy (non-hydrogen) atoms. The Morgan fingerprint density at radius 2 is 2.00 bits per heavy atom. The van der Waals surface area contributed by atoms with Gasteiger partial charge in [-0.3, -0.25) is 14.4 Å². The van der Waals surface area contributed by atoms with Crippen molar-refractivity contribution in [3.8, 4) is 0 Å². The van der Waals surface area contributed by atoms with Gasteiger partial charge in [0.05, 0.1) is 5.92 Å². The zero-order valence-electron chi connectivity index (χ0n) is 11.1. The van der Waals surface area contributed by atoms with Gasteiger partial charge in [0.15, 0.2) is 0 Å². The number of carboxylic acids is 1. The predicted molar refractivity (Wildman–Crippen MR) is 67.3 cm³/mol. The molecule has 2 atom stereocenters. The summed E-state index contributed by atoms with van der Waals surface area (Å²) in [7, 11) is 0. The van der Waals surface area contributed by atoms with Crippen molar-refractivity contribution in [3.05, 3.63) is 0 Å². The lowest BCUT2D eigenvalue weighted by Crippen LogP contribution is -2.43. The van der Waals surface area contributed by atoms with Crippen molar-refractivity contribution in [3.63, 3.8) is 0 Å². The Labute approximate surface area is 112 Å². The van der Waals surface area contributed by atoms with E-state index in [1.165, 1.54) is 6.92 Å². The summed E-state index contributed by atoms with van der Waals surface area (Å²) in [6, 6.07) is -0.634. The molecule has 6 nitrogen and oxygen atoms in total. The molecule has 2 aliphatic rings. The molecule has 0 radical (unpaired) electrons. The molecule has 1 saturated carbocycles. The second-order valence-corrected chi connectivity index (χ2v) is 5.45. The molecule has 2 N–H and O–H groups in total. The lowest BCUT2D eigenvalue weighted by atomic mass is 10.1. The lowest BCUT2D eigenvalue weighted by Gasteiger charge is -2.24. The molecule has 1 aliphatic carbocycles. The molecular weight excluding hydrogens is 248 g/mol. The van der Waals surface area contributed by atoms with Crippen LogP contribution in [0.4, 0.5) is 0 Å². The Morgan fingerprint density at radius 1 is 1.37 bits per heavy atom. The van der Waals surface area contributed by atoms with Gasteiger partial charge in [-0.1, -0.05) is 12.8 Å². The van der Waals surface area contributed by atoms with Crippen molar-refractivity contribution in [2.45, 2.75) is 51.1 Å². The van der Waals surface area contributed by atoms with Gasteiger partial charge in [0.25, 0.3) is 0 Å². The standard InChI is InChI=1S/C13H20N2O4/c1-8(13(18)19)14-12(17)9-6-11(16)15(7-9)10-4-2-3-5-10/h8-10H,2-7H2,1H3,(H,14,17)(H,18,19)/t8-,9+/m0/s1. The van der Waals surface area contributed by atoms with Gasteiger partial charge in [-0.15, -0.1) is 0 Å². The molecule has 1 heterocycles. The molecule has 2 amide bonds. The number of rotatable bonds is 4. The quantitative estimate of drug-likeness (QED) is 0.771. The maximum atomic E-state index is 11.9. The maximum absolute atomic E-state index is 11.9. The third-order valence-corrected chi connectivity index (χ3v) is 4.02. The molecule has 1 saturated heterocycles. The van der Waals surface area contributed by atoms with E-state index in [-0.39, 0.29) is 24.3 Å². The van der Waals surface area contributed by atoms with E-state index in [9.17, 15) is 14.4 Å². The fourth-order valence-corrected chi connectivity index (χ4v) is 2.87. The minimum Gasteiger partial charge on any atom is -0.480 e. The van der Waals surface area contributed by atoms with E-state index < -0.39 is 17.9 Å². The summed E-state index contributed by atoms with van der Waals surface area (Å²) in [6.07, 6.45) is 4.52. The molecule has 0 unspecified atom stereocenters. The number of nitrogens with zero attached hydrogens (tertiary/aromatic N) is 1. The largest absolute Gasteiger partial charge is 0.480 e. The summed E-state index contributed by atoms with van der Waals surface area (Å²) >= 11 is 0. The first-order chi connectivity index (χ1) is 8.99. The normalized spacial score (nSPS) is 25.6. The van der Waals surface area contributed by atoms with Crippen molar-refractivity contribution >= 4 is 17.8 Å². The van der Waals surface area contributed by atoms with Crippen LogP contribution in [0.25, 0.3) is 0 Å². The summed E-state index contributed by atoms with van der Waals surface area (Å²) in [5.74, 6) is -1.78. The number of nitrogens with one attached hydrogen (secondary N) is 1. The van der Waals surface area contributed by atoms with Crippen LogP contribution in [0.2, 0.25) is 0 Å². The van der Waals surface area contributed by atoms with Crippen molar-refractivity contribution in [2.24, 2.45) is 5.92 Å². The zero-order chi connectivity index (χ0) is 14.0. The van der Waals surface area contributed by atoms with Crippen LogP contribution in [0.1, 0.15) is 39.0 Å². The average molecular weight is 268 g/mol. The predicted octanol–water partition coefficient (Wildman–Crippen LogP) is 0.367. The van der Waals surface area contributed by atoms with Crippen LogP contribution >= 0.6 is 0 Å². The molecule has 0 aromatic heterocycles. The number of hydrogen-bond acceptors (Lipinski definition) is 3. The number of amides is 2. The van der Waals surface area contributed by atoms with E-state index in [1.54, 1.807) is 0 Å². The number of carboxylic acid groups (broad SMARTS) is 1. The Hall–Kier alpha value is -1.59. The van der Waals surface area contributed by atoms with E-state index in [2.05, 4.69) is 5.32 Å². The van der Waals surface area contributed by atoms with Crippen LogP contribution in [0.15, 0.2) is 0 Å². The molecular formula is C13H20N2O4. The number of hydrogen-bond donors (Lipinski definition) is 2. The summed E-state index contributed by atoms with van der Waals surface area (Å²) in [5, 5.41) is 11.2. The molecule has 2 rings (SSSR count). The monoisotopic (exact) mass is 268 g/mol. The van der Waals surface area contributed by atoms with Crippen LogP contribution in [0.3, 0.4) is 0 Å². The number of aliphatic carboxylic acids is 1. The molecule has 0 spiro atoms. The van der Waals surface area contributed by atoms with E-state index in [0.29, 0.717) is 6.54 Å². The molecule has 0 aromatic carbocycles. The topological polar surface area (TPSA) is 86.7 Å².